The summed E-state index contributed by atoms with van der Waals surface area (Å²) in [7, 11) is 0. The maximum atomic E-state index is 13.7. The maximum Gasteiger partial charge on any atom is 0.150 e. The summed E-state index contributed by atoms with van der Waals surface area (Å²) in [5, 5.41) is 2.94. The zero-order valence-electron chi connectivity index (χ0n) is 9.88. The molecule has 2 aromatic carbocycles. The average molecular weight is 378 g/mol. The van der Waals surface area contributed by atoms with Crippen LogP contribution in [0.1, 0.15) is 5.56 Å². The summed E-state index contributed by atoms with van der Waals surface area (Å²) < 4.78 is 27.7. The Labute approximate surface area is 133 Å². The van der Waals surface area contributed by atoms with Gasteiger partial charge < -0.3 is 11.1 Å². The van der Waals surface area contributed by atoms with Crippen LogP contribution in [0.3, 0.4) is 0 Å². The molecule has 0 heterocycles. The van der Waals surface area contributed by atoms with E-state index in [1.165, 1.54) is 6.07 Å². The van der Waals surface area contributed by atoms with Gasteiger partial charge in [0.1, 0.15) is 10.7 Å². The molecule has 2 rings (SSSR count). The second-order valence-corrected chi connectivity index (χ2v) is 5.69. The fourth-order valence-corrected chi connectivity index (χ4v) is 2.52. The molecule has 3 N–H and O–H groups in total. The predicted molar refractivity (Wildman–Crippen MR) is 84.7 cm³/mol. The first-order valence-corrected chi connectivity index (χ1v) is 6.97. The van der Waals surface area contributed by atoms with Gasteiger partial charge >= 0.3 is 0 Å². The topological polar surface area (TPSA) is 38.0 Å². The first-order chi connectivity index (χ1) is 9.38. The molecule has 20 heavy (non-hydrogen) atoms. The summed E-state index contributed by atoms with van der Waals surface area (Å²) in [6.07, 6.45) is 0. The number of benzene rings is 2. The molecule has 104 valence electrons. The Balaban J connectivity index is 2.36. The molecule has 0 fully saturated rings. The van der Waals surface area contributed by atoms with E-state index in [0.29, 0.717) is 20.7 Å². The Morgan fingerprint density at radius 2 is 1.80 bits per heavy atom. The van der Waals surface area contributed by atoms with Gasteiger partial charge in [-0.3, -0.25) is 0 Å². The molecule has 0 aliphatic heterocycles. The van der Waals surface area contributed by atoms with Gasteiger partial charge in [0, 0.05) is 15.7 Å². The van der Waals surface area contributed by atoms with Crippen molar-refractivity contribution in [2.45, 2.75) is 0 Å². The van der Waals surface area contributed by atoms with E-state index in [-0.39, 0.29) is 10.7 Å². The van der Waals surface area contributed by atoms with Gasteiger partial charge in [0.15, 0.2) is 11.6 Å². The Morgan fingerprint density at radius 1 is 1.20 bits per heavy atom. The van der Waals surface area contributed by atoms with Gasteiger partial charge in [-0.2, -0.15) is 0 Å². The zero-order valence-corrected chi connectivity index (χ0v) is 13.0. The molecule has 0 spiro atoms. The van der Waals surface area contributed by atoms with Gasteiger partial charge in [-0.15, -0.1) is 0 Å². The van der Waals surface area contributed by atoms with Crippen LogP contribution in [0.4, 0.5) is 20.2 Å². The normalized spacial score (nSPS) is 10.4. The number of thiocarbonyl (C=S) groups is 1. The van der Waals surface area contributed by atoms with Crippen LogP contribution in [0.5, 0.6) is 0 Å². The second-order valence-electron chi connectivity index (χ2n) is 3.93. The maximum absolute atomic E-state index is 13.7. The highest BCUT2D eigenvalue weighted by Gasteiger charge is 2.12. The largest absolute Gasteiger partial charge is 0.389 e. The molecule has 0 amide bonds. The van der Waals surface area contributed by atoms with E-state index < -0.39 is 11.6 Å². The lowest BCUT2D eigenvalue weighted by Gasteiger charge is -2.11. The summed E-state index contributed by atoms with van der Waals surface area (Å²) >= 11 is 13.8. The lowest BCUT2D eigenvalue weighted by molar-refractivity contribution is 0.589. The van der Waals surface area contributed by atoms with Crippen molar-refractivity contribution < 1.29 is 8.78 Å². The van der Waals surface area contributed by atoms with Gasteiger partial charge in [0.2, 0.25) is 0 Å². The van der Waals surface area contributed by atoms with Crippen molar-refractivity contribution in [3.05, 3.63) is 57.0 Å². The Kier molecular flexibility index (Phi) is 4.57. The first-order valence-electron chi connectivity index (χ1n) is 5.39. The lowest BCUT2D eigenvalue weighted by atomic mass is 10.2. The van der Waals surface area contributed by atoms with Crippen LogP contribution in [-0.4, -0.2) is 4.99 Å². The van der Waals surface area contributed by atoms with Crippen LogP contribution in [-0.2, 0) is 0 Å². The fourth-order valence-electron chi connectivity index (χ4n) is 1.60. The first kappa shape index (κ1) is 15.2. The smallest absolute Gasteiger partial charge is 0.150 e. The molecule has 0 saturated carbocycles. The molecule has 2 nitrogen and oxygen atoms in total. The zero-order chi connectivity index (χ0) is 14.9. The quantitative estimate of drug-likeness (QED) is 0.758. The van der Waals surface area contributed by atoms with Crippen LogP contribution < -0.4 is 11.1 Å². The molecule has 0 unspecified atom stereocenters. The molecule has 0 radical (unpaired) electrons. The van der Waals surface area contributed by atoms with E-state index in [2.05, 4.69) is 21.2 Å². The number of nitrogens with two attached hydrogens (primary N) is 1. The molecule has 0 bridgehead atoms. The average Bonchev–Trinajstić information content (AvgIpc) is 2.33. The number of hydrogen-bond donors (Lipinski definition) is 2. The van der Waals surface area contributed by atoms with E-state index in [0.717, 1.165) is 12.1 Å². The second kappa shape index (κ2) is 6.03. The van der Waals surface area contributed by atoms with Crippen LogP contribution in [0.15, 0.2) is 34.8 Å². The van der Waals surface area contributed by atoms with Crippen molar-refractivity contribution in [2.75, 3.05) is 5.32 Å². The Morgan fingerprint density at radius 3 is 2.30 bits per heavy atom. The number of hydrogen-bond acceptors (Lipinski definition) is 2. The van der Waals surface area contributed by atoms with Crippen molar-refractivity contribution in [3.63, 3.8) is 0 Å². The highest BCUT2D eigenvalue weighted by molar-refractivity contribution is 9.10. The molecule has 0 saturated heterocycles. The Bertz CT molecular complexity index is 671. The van der Waals surface area contributed by atoms with Crippen molar-refractivity contribution in [1.82, 2.24) is 0 Å². The fraction of sp³-hybridized carbons (Fsp3) is 0. The SMILES string of the molecule is NC(=S)c1ccc(Nc2c(F)cc(Br)cc2F)cc1Cl. The number of rotatable bonds is 3. The number of anilines is 2. The van der Waals surface area contributed by atoms with E-state index >= 15 is 0 Å². The highest BCUT2D eigenvalue weighted by atomic mass is 79.9. The van der Waals surface area contributed by atoms with Gasteiger partial charge in [-0.05, 0) is 30.3 Å². The number of nitrogens with one attached hydrogen (secondary N) is 1. The van der Waals surface area contributed by atoms with Crippen molar-refractivity contribution in [1.29, 1.82) is 0 Å². The van der Waals surface area contributed by atoms with Crippen LogP contribution in [0.2, 0.25) is 5.02 Å². The summed E-state index contributed by atoms with van der Waals surface area (Å²) in [4.78, 5) is 0.155. The van der Waals surface area contributed by atoms with E-state index in [1.807, 2.05) is 0 Å². The van der Waals surface area contributed by atoms with Gasteiger partial charge in [0.25, 0.3) is 0 Å². The van der Waals surface area contributed by atoms with Gasteiger partial charge in [-0.1, -0.05) is 39.7 Å². The molecule has 0 aliphatic rings. The van der Waals surface area contributed by atoms with Crippen molar-refractivity contribution in [3.8, 4) is 0 Å². The monoisotopic (exact) mass is 376 g/mol. The van der Waals surface area contributed by atoms with Crippen molar-refractivity contribution >= 4 is 56.1 Å². The number of halogens is 4. The molecule has 0 atom stereocenters. The van der Waals surface area contributed by atoms with Gasteiger partial charge in [0.05, 0.1) is 5.02 Å². The molecule has 2 aromatic rings. The molecular formula is C13H8BrClF2N2S. The highest BCUT2D eigenvalue weighted by Crippen LogP contribution is 2.29. The van der Waals surface area contributed by atoms with Gasteiger partial charge in [-0.25, -0.2) is 8.78 Å². The van der Waals surface area contributed by atoms with Crippen LogP contribution in [0.25, 0.3) is 0 Å². The molecule has 0 aromatic heterocycles. The van der Waals surface area contributed by atoms with Crippen LogP contribution >= 0.6 is 39.7 Å². The lowest BCUT2D eigenvalue weighted by Crippen LogP contribution is -2.10. The van der Waals surface area contributed by atoms with Crippen molar-refractivity contribution in [2.24, 2.45) is 5.73 Å². The summed E-state index contributed by atoms with van der Waals surface area (Å²) in [6, 6.07) is 6.99. The standard InChI is InChI=1S/C13H8BrClF2N2S/c14-6-3-10(16)12(11(17)4-6)19-7-1-2-8(13(18)20)9(15)5-7/h1-5,19H,(H2,18,20). The third-order valence-electron chi connectivity index (χ3n) is 2.51. The predicted octanol–water partition coefficient (Wildman–Crippen LogP) is 4.76. The summed E-state index contributed by atoms with van der Waals surface area (Å²) in [5.74, 6) is -1.43. The third-order valence-corrected chi connectivity index (χ3v) is 3.50. The summed E-state index contributed by atoms with van der Waals surface area (Å²) in [6.45, 7) is 0. The van der Waals surface area contributed by atoms with Crippen LogP contribution in [0, 0.1) is 11.6 Å². The minimum Gasteiger partial charge on any atom is -0.389 e. The molecule has 7 heteroatoms. The Hall–Kier alpha value is -1.24. The molecule has 0 aliphatic carbocycles. The summed E-state index contributed by atoms with van der Waals surface area (Å²) in [5.41, 5.74) is 6.16. The third kappa shape index (κ3) is 3.26. The van der Waals surface area contributed by atoms with E-state index in [9.17, 15) is 8.78 Å². The minimum atomic E-state index is -0.716. The molecular weight excluding hydrogens is 370 g/mol. The van der Waals surface area contributed by atoms with E-state index in [4.69, 9.17) is 29.6 Å². The van der Waals surface area contributed by atoms with E-state index in [1.54, 1.807) is 12.1 Å². The minimum absolute atomic E-state index is 0.155.